The highest BCUT2D eigenvalue weighted by Gasteiger charge is 2.15. The lowest BCUT2D eigenvalue weighted by Gasteiger charge is -2.08. The van der Waals surface area contributed by atoms with Crippen molar-refractivity contribution >= 4 is 34.4 Å². The van der Waals surface area contributed by atoms with Gasteiger partial charge in [-0.3, -0.25) is 20.2 Å². The topological polar surface area (TPSA) is 121 Å². The van der Waals surface area contributed by atoms with Crippen LogP contribution in [0.5, 0.6) is 0 Å². The zero-order valence-electron chi connectivity index (χ0n) is 10.5. The fraction of sp³-hybridized carbons (Fsp3) is 0.500. The van der Waals surface area contributed by atoms with Gasteiger partial charge in [0.2, 0.25) is 11.0 Å². The van der Waals surface area contributed by atoms with Gasteiger partial charge in [0.25, 0.3) is 0 Å². The maximum atomic E-state index is 11.4. The molecule has 8 nitrogen and oxygen atoms in total. The second-order valence-electron chi connectivity index (χ2n) is 4.04. The Morgan fingerprint density at radius 3 is 2.53 bits per heavy atom. The van der Waals surface area contributed by atoms with E-state index in [0.29, 0.717) is 10.1 Å². The Bertz CT molecular complexity index is 488. The number of carbonyl (C=O) groups excluding carboxylic acids is 2. The van der Waals surface area contributed by atoms with Crippen molar-refractivity contribution in [3.63, 3.8) is 0 Å². The lowest BCUT2D eigenvalue weighted by Crippen LogP contribution is -2.35. The molecule has 0 aliphatic carbocycles. The molecule has 1 rings (SSSR count). The van der Waals surface area contributed by atoms with Gasteiger partial charge in [0.1, 0.15) is 5.01 Å². The fourth-order valence-corrected chi connectivity index (χ4v) is 1.93. The summed E-state index contributed by atoms with van der Waals surface area (Å²) >= 11 is 1.18. The molecule has 104 valence electrons. The van der Waals surface area contributed by atoms with Crippen LogP contribution in [-0.4, -0.2) is 33.2 Å². The molecule has 0 radical (unpaired) electrons. The number of carbonyl (C=O) groups is 3. The summed E-state index contributed by atoms with van der Waals surface area (Å²) in [5.74, 6) is -1.85. The Kier molecular flexibility index (Phi) is 5.37. The van der Waals surface area contributed by atoms with Crippen LogP contribution in [0.4, 0.5) is 9.93 Å². The summed E-state index contributed by atoms with van der Waals surface area (Å²) in [6.07, 6.45) is -0.153. The second-order valence-corrected chi connectivity index (χ2v) is 5.22. The third-order valence-corrected chi connectivity index (χ3v) is 2.81. The Morgan fingerprint density at radius 2 is 2.00 bits per heavy atom. The fourth-order valence-electron chi connectivity index (χ4n) is 1.34. The largest absolute Gasteiger partial charge is 0.481 e. The smallest absolute Gasteiger partial charge is 0.327 e. The van der Waals surface area contributed by atoms with Crippen molar-refractivity contribution in [3.8, 4) is 0 Å². The molecule has 9 heteroatoms. The summed E-state index contributed by atoms with van der Waals surface area (Å²) in [5, 5.41) is 21.4. The molecule has 1 atom stereocenters. The molecular formula is C10H14N4O4S. The summed E-state index contributed by atoms with van der Waals surface area (Å²) in [6.45, 7) is 3.36. The quantitative estimate of drug-likeness (QED) is 0.742. The van der Waals surface area contributed by atoms with Gasteiger partial charge in [0.05, 0.1) is 0 Å². The number of imide groups is 1. The molecule has 0 saturated carbocycles. The maximum absolute atomic E-state index is 11.4. The average Bonchev–Trinajstić information content (AvgIpc) is 2.61. The van der Waals surface area contributed by atoms with Crippen molar-refractivity contribution in [1.82, 2.24) is 15.5 Å². The van der Waals surface area contributed by atoms with E-state index < -0.39 is 17.9 Å². The van der Waals surface area contributed by atoms with Crippen LogP contribution in [0.15, 0.2) is 0 Å². The number of nitrogens with one attached hydrogen (secondary N) is 2. The molecule has 3 N–H and O–H groups in total. The van der Waals surface area contributed by atoms with Gasteiger partial charge in [0.15, 0.2) is 0 Å². The van der Waals surface area contributed by atoms with Crippen LogP contribution in [0.1, 0.15) is 24.8 Å². The monoisotopic (exact) mass is 286 g/mol. The van der Waals surface area contributed by atoms with Crippen LogP contribution >= 0.6 is 11.3 Å². The molecule has 0 aliphatic rings. The van der Waals surface area contributed by atoms with E-state index in [1.54, 1.807) is 13.8 Å². The van der Waals surface area contributed by atoms with E-state index in [0.717, 1.165) is 0 Å². The summed E-state index contributed by atoms with van der Waals surface area (Å²) in [7, 11) is 0. The van der Waals surface area contributed by atoms with Crippen LogP contribution in [0.25, 0.3) is 0 Å². The first-order chi connectivity index (χ1) is 8.86. The minimum absolute atomic E-state index is 0.0329. The summed E-state index contributed by atoms with van der Waals surface area (Å²) in [6, 6.07) is -0.705. The number of hydrogen-bond acceptors (Lipinski definition) is 6. The minimum atomic E-state index is -0.978. The first-order valence-corrected chi connectivity index (χ1v) is 6.31. The molecule has 1 heterocycles. The van der Waals surface area contributed by atoms with E-state index in [-0.39, 0.29) is 18.8 Å². The zero-order valence-corrected chi connectivity index (χ0v) is 11.3. The van der Waals surface area contributed by atoms with Crippen molar-refractivity contribution in [2.75, 3.05) is 5.32 Å². The summed E-state index contributed by atoms with van der Waals surface area (Å²) in [4.78, 5) is 33.3. The molecule has 0 aliphatic heterocycles. The third-order valence-electron chi connectivity index (χ3n) is 2.06. The van der Waals surface area contributed by atoms with E-state index in [9.17, 15) is 14.4 Å². The van der Waals surface area contributed by atoms with Crippen molar-refractivity contribution in [3.05, 3.63) is 5.01 Å². The number of anilines is 1. The lowest BCUT2D eigenvalue weighted by molar-refractivity contribution is -0.138. The van der Waals surface area contributed by atoms with E-state index in [1.807, 2.05) is 0 Å². The van der Waals surface area contributed by atoms with Gasteiger partial charge in [-0.05, 0) is 12.8 Å². The molecule has 0 bridgehead atoms. The average molecular weight is 286 g/mol. The zero-order chi connectivity index (χ0) is 14.4. The minimum Gasteiger partial charge on any atom is -0.481 e. The van der Waals surface area contributed by atoms with Gasteiger partial charge in [-0.15, -0.1) is 10.2 Å². The Labute approximate surface area is 113 Å². The summed E-state index contributed by atoms with van der Waals surface area (Å²) in [5.41, 5.74) is 0. The van der Waals surface area contributed by atoms with E-state index >= 15 is 0 Å². The number of aromatic nitrogens is 2. The molecule has 0 spiro atoms. The number of amides is 3. The van der Waals surface area contributed by atoms with Crippen LogP contribution in [0, 0.1) is 12.8 Å². The van der Waals surface area contributed by atoms with E-state index in [2.05, 4.69) is 20.8 Å². The molecule has 0 fully saturated rings. The molecule has 0 saturated heterocycles. The predicted octanol–water partition coefficient (Wildman–Crippen LogP) is 0.996. The first-order valence-electron chi connectivity index (χ1n) is 5.49. The first kappa shape index (κ1) is 15.0. The molecule has 19 heavy (non-hydrogen) atoms. The molecular weight excluding hydrogens is 272 g/mol. The molecule has 1 unspecified atom stereocenters. The second kappa shape index (κ2) is 6.78. The highest BCUT2D eigenvalue weighted by atomic mass is 32.1. The van der Waals surface area contributed by atoms with Gasteiger partial charge in [0, 0.05) is 12.8 Å². The Hall–Kier alpha value is -2.03. The highest BCUT2D eigenvalue weighted by molar-refractivity contribution is 7.15. The van der Waals surface area contributed by atoms with E-state index in [4.69, 9.17) is 5.11 Å². The Balaban J connectivity index is 2.35. The number of aryl methyl sites for hydroxylation is 1. The summed E-state index contributed by atoms with van der Waals surface area (Å²) < 4.78 is 0. The van der Waals surface area contributed by atoms with Gasteiger partial charge in [-0.25, -0.2) is 4.79 Å². The number of carboxylic acid groups (broad SMARTS) is 1. The molecule has 1 aromatic rings. The van der Waals surface area contributed by atoms with Gasteiger partial charge in [-0.1, -0.05) is 18.3 Å². The van der Waals surface area contributed by atoms with Crippen molar-refractivity contribution < 1.29 is 19.5 Å². The van der Waals surface area contributed by atoms with Gasteiger partial charge >= 0.3 is 12.0 Å². The molecule has 1 aromatic heterocycles. The SMILES string of the molecule is Cc1nnc(NC(=O)NC(=O)CC(C)CC(=O)O)s1. The number of carboxylic acids is 1. The Morgan fingerprint density at radius 1 is 1.32 bits per heavy atom. The standard InChI is InChI=1S/C10H14N4O4S/c1-5(4-8(16)17)3-7(15)11-9(18)12-10-14-13-6(2)19-10/h5H,3-4H2,1-2H3,(H,16,17)(H2,11,12,14,15,18). The van der Waals surface area contributed by atoms with Crippen molar-refractivity contribution in [2.45, 2.75) is 26.7 Å². The predicted molar refractivity (Wildman–Crippen MR) is 67.8 cm³/mol. The normalized spacial score (nSPS) is 11.7. The third kappa shape index (κ3) is 5.91. The number of hydrogen-bond donors (Lipinski definition) is 3. The van der Waals surface area contributed by atoms with Crippen LogP contribution in [-0.2, 0) is 9.59 Å². The van der Waals surface area contributed by atoms with Crippen LogP contribution in [0.3, 0.4) is 0 Å². The number of urea groups is 1. The van der Waals surface area contributed by atoms with Gasteiger partial charge < -0.3 is 5.11 Å². The number of aliphatic carboxylic acids is 1. The van der Waals surface area contributed by atoms with E-state index in [1.165, 1.54) is 11.3 Å². The van der Waals surface area contributed by atoms with Crippen LogP contribution in [0.2, 0.25) is 0 Å². The lowest BCUT2D eigenvalue weighted by atomic mass is 10.0. The van der Waals surface area contributed by atoms with Crippen molar-refractivity contribution in [1.29, 1.82) is 0 Å². The molecule has 3 amide bonds. The maximum Gasteiger partial charge on any atom is 0.327 e. The van der Waals surface area contributed by atoms with Crippen LogP contribution < -0.4 is 10.6 Å². The number of rotatable bonds is 5. The highest BCUT2D eigenvalue weighted by Crippen LogP contribution is 2.13. The van der Waals surface area contributed by atoms with Crippen molar-refractivity contribution in [2.24, 2.45) is 5.92 Å². The number of nitrogens with zero attached hydrogens (tertiary/aromatic N) is 2. The van der Waals surface area contributed by atoms with Gasteiger partial charge in [-0.2, -0.15) is 0 Å². The molecule has 0 aromatic carbocycles.